The van der Waals surface area contributed by atoms with Crippen LogP contribution < -0.4 is 5.73 Å². The molecular weight excluding hydrogens is 281 g/mol. The van der Waals surface area contributed by atoms with Gasteiger partial charge in [0.15, 0.2) is 0 Å². The minimum Gasteiger partial charge on any atom is -0.373 e. The zero-order valence-electron chi connectivity index (χ0n) is 11.7. The Balaban J connectivity index is 2.23. The van der Waals surface area contributed by atoms with E-state index in [9.17, 15) is 18.0 Å². The Bertz CT molecular complexity index is 566. The predicted molar refractivity (Wildman–Crippen MR) is 73.0 cm³/mol. The lowest BCUT2D eigenvalue weighted by Crippen LogP contribution is -2.39. The van der Waals surface area contributed by atoms with Crippen LogP contribution in [0.3, 0.4) is 0 Å². The van der Waals surface area contributed by atoms with Crippen molar-refractivity contribution in [2.45, 2.75) is 26.1 Å². The van der Waals surface area contributed by atoms with E-state index in [-0.39, 0.29) is 18.5 Å². The highest BCUT2D eigenvalue weighted by atomic mass is 19.4. The summed E-state index contributed by atoms with van der Waals surface area (Å²) in [4.78, 5) is 13.0. The number of halogens is 3. The molecule has 0 aromatic heterocycles. The molecule has 3 nitrogen and oxygen atoms in total. The van der Waals surface area contributed by atoms with Crippen LogP contribution in [0, 0.1) is 12.8 Å². The standard InChI is InChI=1S/C15H17F3N2O/c1-10-4-2-3-5-11(10)8-20-7-6-13(15(16,17)18)12(9-20)14(19)21/h2-5,9,13H,6-8H2,1H3,(H2,19,21). The lowest BCUT2D eigenvalue weighted by Gasteiger charge is -2.32. The number of carbonyl (C=O) groups is 1. The van der Waals surface area contributed by atoms with E-state index in [0.717, 1.165) is 11.1 Å². The van der Waals surface area contributed by atoms with Gasteiger partial charge >= 0.3 is 6.18 Å². The van der Waals surface area contributed by atoms with Gasteiger partial charge < -0.3 is 10.6 Å². The van der Waals surface area contributed by atoms with Gasteiger partial charge in [0.1, 0.15) is 0 Å². The summed E-state index contributed by atoms with van der Waals surface area (Å²) in [7, 11) is 0. The number of benzene rings is 1. The molecule has 0 fully saturated rings. The molecule has 0 bridgehead atoms. The van der Waals surface area contributed by atoms with Gasteiger partial charge in [0, 0.05) is 24.9 Å². The number of nitrogens with zero attached hydrogens (tertiary/aromatic N) is 1. The topological polar surface area (TPSA) is 46.3 Å². The molecule has 2 N–H and O–H groups in total. The summed E-state index contributed by atoms with van der Waals surface area (Å²) in [5, 5.41) is 0. The van der Waals surface area contributed by atoms with E-state index >= 15 is 0 Å². The van der Waals surface area contributed by atoms with Gasteiger partial charge in [0.25, 0.3) is 0 Å². The van der Waals surface area contributed by atoms with E-state index in [1.54, 1.807) is 4.90 Å². The lowest BCUT2D eigenvalue weighted by molar-refractivity contribution is -0.170. The maximum Gasteiger partial charge on any atom is 0.396 e. The Kier molecular flexibility index (Phi) is 4.25. The number of hydrogen-bond donors (Lipinski definition) is 1. The molecule has 1 aliphatic rings. The first-order chi connectivity index (χ1) is 9.79. The third-order valence-corrected chi connectivity index (χ3v) is 3.72. The number of nitrogens with two attached hydrogens (primary N) is 1. The van der Waals surface area contributed by atoms with Gasteiger partial charge in [-0.1, -0.05) is 24.3 Å². The van der Waals surface area contributed by atoms with Crippen molar-refractivity contribution < 1.29 is 18.0 Å². The molecular formula is C15H17F3N2O. The highest BCUT2D eigenvalue weighted by molar-refractivity contribution is 5.92. The lowest BCUT2D eigenvalue weighted by atomic mass is 9.91. The van der Waals surface area contributed by atoms with Crippen molar-refractivity contribution in [3.05, 3.63) is 47.2 Å². The molecule has 1 aromatic rings. The molecule has 21 heavy (non-hydrogen) atoms. The Labute approximate surface area is 121 Å². The van der Waals surface area contributed by atoms with Crippen molar-refractivity contribution in [2.75, 3.05) is 6.54 Å². The van der Waals surface area contributed by atoms with Crippen LogP contribution in [-0.2, 0) is 11.3 Å². The molecule has 1 aliphatic heterocycles. The van der Waals surface area contributed by atoms with Gasteiger partial charge in [0.05, 0.1) is 5.92 Å². The van der Waals surface area contributed by atoms with Crippen LogP contribution in [0.25, 0.3) is 0 Å². The number of hydrogen-bond acceptors (Lipinski definition) is 2. The number of amides is 1. The molecule has 6 heteroatoms. The number of primary amides is 1. The number of alkyl halides is 3. The van der Waals surface area contributed by atoms with Crippen LogP contribution in [0.15, 0.2) is 36.0 Å². The van der Waals surface area contributed by atoms with Gasteiger partial charge in [-0.05, 0) is 24.5 Å². The SMILES string of the molecule is Cc1ccccc1CN1C=C(C(N)=O)C(C(F)(F)F)CC1. The fourth-order valence-corrected chi connectivity index (χ4v) is 2.51. The minimum absolute atomic E-state index is 0.149. The van der Waals surface area contributed by atoms with Gasteiger partial charge in [-0.25, -0.2) is 0 Å². The van der Waals surface area contributed by atoms with Gasteiger partial charge in [0.2, 0.25) is 5.91 Å². The third kappa shape index (κ3) is 3.56. The molecule has 114 valence electrons. The van der Waals surface area contributed by atoms with Crippen molar-refractivity contribution in [1.82, 2.24) is 4.90 Å². The predicted octanol–water partition coefficient (Wildman–Crippen LogP) is 2.75. The normalized spacial score (nSPS) is 19.3. The molecule has 1 heterocycles. The van der Waals surface area contributed by atoms with Crippen molar-refractivity contribution in [3.63, 3.8) is 0 Å². The maximum absolute atomic E-state index is 12.9. The number of rotatable bonds is 3. The molecule has 1 amide bonds. The first-order valence-electron chi connectivity index (χ1n) is 6.66. The van der Waals surface area contributed by atoms with E-state index in [1.165, 1.54) is 6.20 Å². The molecule has 0 aliphatic carbocycles. The minimum atomic E-state index is -4.43. The Morgan fingerprint density at radius 1 is 1.38 bits per heavy atom. The molecule has 1 unspecified atom stereocenters. The third-order valence-electron chi connectivity index (χ3n) is 3.72. The summed E-state index contributed by atoms with van der Waals surface area (Å²) in [5.41, 5.74) is 6.82. The van der Waals surface area contributed by atoms with Crippen LogP contribution in [0.2, 0.25) is 0 Å². The first-order valence-corrected chi connectivity index (χ1v) is 6.66. The quantitative estimate of drug-likeness (QED) is 0.932. The largest absolute Gasteiger partial charge is 0.396 e. The second-order valence-corrected chi connectivity index (χ2v) is 5.23. The molecule has 0 saturated heterocycles. The molecule has 1 atom stereocenters. The van der Waals surface area contributed by atoms with Gasteiger partial charge in [-0.15, -0.1) is 0 Å². The van der Waals surface area contributed by atoms with Crippen LogP contribution >= 0.6 is 0 Å². The zero-order valence-corrected chi connectivity index (χ0v) is 11.7. The second-order valence-electron chi connectivity index (χ2n) is 5.23. The van der Waals surface area contributed by atoms with E-state index in [1.807, 2.05) is 31.2 Å². The van der Waals surface area contributed by atoms with Crippen molar-refractivity contribution in [2.24, 2.45) is 11.7 Å². The average molecular weight is 298 g/mol. The zero-order chi connectivity index (χ0) is 15.6. The van der Waals surface area contributed by atoms with Crippen molar-refractivity contribution in [1.29, 1.82) is 0 Å². The number of aryl methyl sites for hydroxylation is 1. The van der Waals surface area contributed by atoms with Crippen LogP contribution in [0.4, 0.5) is 13.2 Å². The van der Waals surface area contributed by atoms with Crippen LogP contribution in [0.1, 0.15) is 17.5 Å². The maximum atomic E-state index is 12.9. The summed E-state index contributed by atoms with van der Waals surface area (Å²) in [6.07, 6.45) is -3.32. The van der Waals surface area contributed by atoms with Gasteiger partial charge in [-0.2, -0.15) is 13.2 Å². The highest BCUT2D eigenvalue weighted by Gasteiger charge is 2.45. The average Bonchev–Trinajstić information content (AvgIpc) is 2.40. The van der Waals surface area contributed by atoms with E-state index in [0.29, 0.717) is 6.54 Å². The van der Waals surface area contributed by atoms with Crippen LogP contribution in [-0.4, -0.2) is 23.5 Å². The fraction of sp³-hybridized carbons (Fsp3) is 0.400. The summed E-state index contributed by atoms with van der Waals surface area (Å²) < 4.78 is 38.7. The summed E-state index contributed by atoms with van der Waals surface area (Å²) >= 11 is 0. The number of carbonyl (C=O) groups excluding carboxylic acids is 1. The smallest absolute Gasteiger partial charge is 0.373 e. The van der Waals surface area contributed by atoms with E-state index in [4.69, 9.17) is 5.73 Å². The van der Waals surface area contributed by atoms with Crippen LogP contribution in [0.5, 0.6) is 0 Å². The summed E-state index contributed by atoms with van der Waals surface area (Å²) in [6.45, 7) is 2.65. The molecule has 1 aromatic carbocycles. The highest BCUT2D eigenvalue weighted by Crippen LogP contribution is 2.37. The molecule has 0 saturated carbocycles. The molecule has 0 spiro atoms. The Hall–Kier alpha value is -1.98. The molecule has 2 rings (SSSR count). The Morgan fingerprint density at radius 3 is 2.62 bits per heavy atom. The van der Waals surface area contributed by atoms with E-state index in [2.05, 4.69) is 0 Å². The monoisotopic (exact) mass is 298 g/mol. The summed E-state index contributed by atoms with van der Waals surface area (Å²) in [6, 6.07) is 7.64. The van der Waals surface area contributed by atoms with E-state index < -0.39 is 18.0 Å². The van der Waals surface area contributed by atoms with Gasteiger partial charge in [-0.3, -0.25) is 4.79 Å². The van der Waals surface area contributed by atoms with Crippen molar-refractivity contribution in [3.8, 4) is 0 Å². The second kappa shape index (κ2) is 5.79. The first kappa shape index (κ1) is 15.4. The summed E-state index contributed by atoms with van der Waals surface area (Å²) in [5.74, 6) is -2.77. The molecule has 0 radical (unpaired) electrons. The van der Waals surface area contributed by atoms with Crippen molar-refractivity contribution >= 4 is 5.91 Å². The fourth-order valence-electron chi connectivity index (χ4n) is 2.51. The Morgan fingerprint density at radius 2 is 2.05 bits per heavy atom.